The van der Waals surface area contributed by atoms with Crippen LogP contribution in [0.4, 0.5) is 0 Å². The second-order valence-electron chi connectivity index (χ2n) is 5.52. The number of rotatable bonds is 6. The van der Waals surface area contributed by atoms with Crippen molar-refractivity contribution < 1.29 is 4.79 Å². The lowest BCUT2D eigenvalue weighted by atomic mass is 9.94. The van der Waals surface area contributed by atoms with Gasteiger partial charge in [0.25, 0.3) is 0 Å². The van der Waals surface area contributed by atoms with Crippen LogP contribution in [0.3, 0.4) is 0 Å². The number of nitrogens with zero attached hydrogens (tertiary/aromatic N) is 1. The van der Waals surface area contributed by atoms with Crippen LogP contribution in [0.1, 0.15) is 41.5 Å². The topological polar surface area (TPSA) is 20.3 Å². The van der Waals surface area contributed by atoms with Crippen molar-refractivity contribution in [3.8, 4) is 0 Å². The van der Waals surface area contributed by atoms with Crippen LogP contribution < -0.4 is 0 Å². The number of hydrogen-bond acceptors (Lipinski definition) is 2. The maximum absolute atomic E-state index is 10.8. The lowest BCUT2D eigenvalue weighted by Gasteiger charge is -2.33. The summed E-state index contributed by atoms with van der Waals surface area (Å²) in [6.45, 7) is 14.7. The monoisotopic (exact) mass is 199 g/mol. The molecule has 0 aliphatic rings. The number of carbonyl (C=O) groups is 1. The molecule has 2 heteroatoms. The predicted molar refractivity (Wildman–Crippen MR) is 61.4 cm³/mol. The van der Waals surface area contributed by atoms with Gasteiger partial charge in [0, 0.05) is 24.5 Å². The molecule has 0 aromatic rings. The van der Waals surface area contributed by atoms with Crippen LogP contribution in [-0.2, 0) is 4.79 Å². The van der Waals surface area contributed by atoms with Gasteiger partial charge in [0.2, 0.25) is 0 Å². The first-order chi connectivity index (χ1) is 6.28. The van der Waals surface area contributed by atoms with E-state index in [1.54, 1.807) is 0 Å². The summed E-state index contributed by atoms with van der Waals surface area (Å²) >= 11 is 0. The summed E-state index contributed by atoms with van der Waals surface area (Å²) in [5.41, 5.74) is -0.223. The summed E-state index contributed by atoms with van der Waals surface area (Å²) in [7, 11) is 0. The van der Waals surface area contributed by atoms with E-state index in [-0.39, 0.29) is 5.41 Å². The Kier molecular flexibility index (Phi) is 5.35. The summed E-state index contributed by atoms with van der Waals surface area (Å²) < 4.78 is 0. The van der Waals surface area contributed by atoms with E-state index in [0.717, 1.165) is 19.4 Å². The largest absolute Gasteiger partial charge is 0.303 e. The highest BCUT2D eigenvalue weighted by molar-refractivity contribution is 5.58. The smallest absolute Gasteiger partial charge is 0.126 e. The molecule has 0 aromatic carbocycles. The number of hydrogen-bond donors (Lipinski definition) is 0. The standard InChI is InChI=1S/C12H25NO/c1-10(2)7-13(11(3)4)8-12(5,6)9-14/h9-11H,7-8H2,1-6H3. The maximum atomic E-state index is 10.8. The van der Waals surface area contributed by atoms with Gasteiger partial charge in [-0.3, -0.25) is 4.90 Å². The van der Waals surface area contributed by atoms with E-state index in [4.69, 9.17) is 0 Å². The Morgan fingerprint density at radius 2 is 1.71 bits per heavy atom. The minimum atomic E-state index is -0.223. The molecular weight excluding hydrogens is 174 g/mol. The van der Waals surface area contributed by atoms with Crippen LogP contribution in [0.25, 0.3) is 0 Å². The van der Waals surface area contributed by atoms with Gasteiger partial charge in [-0.2, -0.15) is 0 Å². The van der Waals surface area contributed by atoms with E-state index in [1.165, 1.54) is 0 Å². The molecule has 0 aliphatic heterocycles. The molecule has 0 aromatic heterocycles. The first-order valence-electron chi connectivity index (χ1n) is 5.49. The molecule has 2 nitrogen and oxygen atoms in total. The SMILES string of the molecule is CC(C)CN(CC(C)(C)C=O)C(C)C. The van der Waals surface area contributed by atoms with E-state index in [1.807, 2.05) is 13.8 Å². The van der Waals surface area contributed by atoms with E-state index in [2.05, 4.69) is 32.6 Å². The van der Waals surface area contributed by atoms with Gasteiger partial charge < -0.3 is 4.79 Å². The van der Waals surface area contributed by atoms with E-state index >= 15 is 0 Å². The molecule has 0 unspecified atom stereocenters. The molecule has 0 bridgehead atoms. The number of aldehydes is 1. The van der Waals surface area contributed by atoms with Crippen molar-refractivity contribution in [2.45, 2.75) is 47.6 Å². The van der Waals surface area contributed by atoms with Crippen LogP contribution in [0.5, 0.6) is 0 Å². The molecule has 0 fully saturated rings. The Labute approximate surface area is 88.7 Å². The van der Waals surface area contributed by atoms with Gasteiger partial charge in [-0.1, -0.05) is 27.7 Å². The van der Waals surface area contributed by atoms with E-state index in [9.17, 15) is 4.79 Å². The fourth-order valence-corrected chi connectivity index (χ4v) is 1.49. The Balaban J connectivity index is 4.30. The predicted octanol–water partition coefficient (Wildman–Crippen LogP) is 2.58. The van der Waals surface area contributed by atoms with Crippen molar-refractivity contribution in [2.75, 3.05) is 13.1 Å². The van der Waals surface area contributed by atoms with Gasteiger partial charge >= 0.3 is 0 Å². The summed E-state index contributed by atoms with van der Waals surface area (Å²) in [6, 6.07) is 0.511. The minimum Gasteiger partial charge on any atom is -0.303 e. The third-order valence-electron chi connectivity index (χ3n) is 2.26. The van der Waals surface area contributed by atoms with Crippen molar-refractivity contribution in [1.82, 2.24) is 4.90 Å². The first-order valence-corrected chi connectivity index (χ1v) is 5.49. The molecule has 0 rings (SSSR count). The van der Waals surface area contributed by atoms with Gasteiger partial charge in [-0.05, 0) is 19.8 Å². The molecule has 0 spiro atoms. The highest BCUT2D eigenvalue weighted by atomic mass is 16.1. The fourth-order valence-electron chi connectivity index (χ4n) is 1.49. The van der Waals surface area contributed by atoms with Gasteiger partial charge in [-0.15, -0.1) is 0 Å². The first kappa shape index (κ1) is 13.6. The summed E-state index contributed by atoms with van der Waals surface area (Å²) in [5.74, 6) is 0.653. The Hall–Kier alpha value is -0.370. The Morgan fingerprint density at radius 3 is 2.00 bits per heavy atom. The third kappa shape index (κ3) is 5.38. The lowest BCUT2D eigenvalue weighted by Crippen LogP contribution is -2.41. The summed E-state index contributed by atoms with van der Waals surface area (Å²) in [6.07, 6.45) is 1.06. The Bertz CT molecular complexity index is 173. The molecule has 0 aliphatic carbocycles. The molecular formula is C12H25NO. The maximum Gasteiger partial charge on any atom is 0.126 e. The molecule has 0 saturated carbocycles. The fraction of sp³-hybridized carbons (Fsp3) is 0.917. The van der Waals surface area contributed by atoms with Gasteiger partial charge in [-0.25, -0.2) is 0 Å². The van der Waals surface area contributed by atoms with Crippen LogP contribution >= 0.6 is 0 Å². The van der Waals surface area contributed by atoms with Gasteiger partial charge in [0.15, 0.2) is 0 Å². The van der Waals surface area contributed by atoms with Crippen LogP contribution in [0.15, 0.2) is 0 Å². The quantitative estimate of drug-likeness (QED) is 0.613. The Morgan fingerprint density at radius 1 is 1.21 bits per heavy atom. The highest BCUT2D eigenvalue weighted by Crippen LogP contribution is 2.16. The summed E-state index contributed by atoms with van der Waals surface area (Å²) in [4.78, 5) is 13.2. The van der Waals surface area contributed by atoms with Crippen LogP contribution in [0.2, 0.25) is 0 Å². The van der Waals surface area contributed by atoms with Crippen LogP contribution in [0, 0.1) is 11.3 Å². The van der Waals surface area contributed by atoms with Crippen molar-refractivity contribution in [2.24, 2.45) is 11.3 Å². The molecule has 0 heterocycles. The molecule has 0 N–H and O–H groups in total. The molecule has 84 valence electrons. The van der Waals surface area contributed by atoms with Crippen molar-refractivity contribution in [1.29, 1.82) is 0 Å². The van der Waals surface area contributed by atoms with Crippen molar-refractivity contribution >= 4 is 6.29 Å². The molecule has 0 saturated heterocycles. The molecule has 0 atom stereocenters. The van der Waals surface area contributed by atoms with E-state index < -0.39 is 0 Å². The zero-order valence-electron chi connectivity index (χ0n) is 10.5. The normalized spacial score (nSPS) is 12.9. The van der Waals surface area contributed by atoms with Crippen molar-refractivity contribution in [3.05, 3.63) is 0 Å². The molecule has 0 radical (unpaired) electrons. The zero-order valence-corrected chi connectivity index (χ0v) is 10.5. The lowest BCUT2D eigenvalue weighted by molar-refractivity contribution is -0.115. The van der Waals surface area contributed by atoms with Gasteiger partial charge in [0.1, 0.15) is 6.29 Å². The van der Waals surface area contributed by atoms with Crippen LogP contribution in [-0.4, -0.2) is 30.3 Å². The van der Waals surface area contributed by atoms with Crippen molar-refractivity contribution in [3.63, 3.8) is 0 Å². The molecule has 14 heavy (non-hydrogen) atoms. The molecule has 0 amide bonds. The second-order valence-corrected chi connectivity index (χ2v) is 5.52. The average Bonchev–Trinajstić information content (AvgIpc) is 2.02. The highest BCUT2D eigenvalue weighted by Gasteiger charge is 2.22. The zero-order chi connectivity index (χ0) is 11.4. The minimum absolute atomic E-state index is 0.223. The van der Waals surface area contributed by atoms with E-state index in [0.29, 0.717) is 12.0 Å². The van der Waals surface area contributed by atoms with Gasteiger partial charge in [0.05, 0.1) is 0 Å². The second kappa shape index (κ2) is 5.50. The third-order valence-corrected chi connectivity index (χ3v) is 2.26. The number of carbonyl (C=O) groups excluding carboxylic acids is 1. The summed E-state index contributed by atoms with van der Waals surface area (Å²) in [5, 5.41) is 0. The average molecular weight is 199 g/mol.